The van der Waals surface area contributed by atoms with Crippen molar-refractivity contribution in [2.75, 3.05) is 0 Å². The van der Waals surface area contributed by atoms with Crippen molar-refractivity contribution in [3.63, 3.8) is 0 Å². The van der Waals surface area contributed by atoms with Crippen molar-refractivity contribution in [3.8, 4) is 0 Å². The third-order valence-electron chi connectivity index (χ3n) is 5.36. The number of aromatic nitrogens is 1. The van der Waals surface area contributed by atoms with Crippen molar-refractivity contribution in [2.24, 2.45) is 23.5 Å². The van der Waals surface area contributed by atoms with E-state index in [1.807, 2.05) is 20.8 Å². The second kappa shape index (κ2) is 5.44. The lowest BCUT2D eigenvalue weighted by atomic mass is 9.84. The molecule has 1 aromatic rings. The second-order valence-corrected chi connectivity index (χ2v) is 6.85. The summed E-state index contributed by atoms with van der Waals surface area (Å²) in [6.45, 7) is 5.88. The lowest BCUT2D eigenvalue weighted by Crippen LogP contribution is -2.48. The molecule has 21 heavy (non-hydrogen) atoms. The van der Waals surface area contributed by atoms with Gasteiger partial charge < -0.3 is 15.6 Å². The minimum atomic E-state index is 0.0101. The highest BCUT2D eigenvalue weighted by Gasteiger charge is 2.49. The number of carbonyl (C=O) groups excluding carboxylic acids is 1. The van der Waals surface area contributed by atoms with Crippen LogP contribution < -0.4 is 11.1 Å². The Kier molecular flexibility index (Phi) is 3.78. The molecule has 0 saturated heterocycles. The van der Waals surface area contributed by atoms with E-state index in [2.05, 4.69) is 10.5 Å². The maximum atomic E-state index is 12.5. The number of nitrogens with zero attached hydrogens (tertiary/aromatic N) is 1. The van der Waals surface area contributed by atoms with E-state index in [9.17, 15) is 4.79 Å². The highest BCUT2D eigenvalue weighted by Crippen LogP contribution is 2.47. The first-order chi connectivity index (χ1) is 9.97. The molecular formula is C16H25N3O2. The third-order valence-corrected chi connectivity index (χ3v) is 5.36. The minimum Gasteiger partial charge on any atom is -0.361 e. The molecule has 116 valence electrons. The number of nitrogens with one attached hydrogen (secondary N) is 1. The SMILES string of the molecule is Cc1noc(C)c1CC(C)NC(=O)C1C2CCC(C2)C1N. The van der Waals surface area contributed by atoms with E-state index < -0.39 is 0 Å². The Hall–Kier alpha value is -1.36. The van der Waals surface area contributed by atoms with Crippen LogP contribution in [0.2, 0.25) is 0 Å². The summed E-state index contributed by atoms with van der Waals surface area (Å²) in [5.74, 6) is 2.04. The zero-order valence-corrected chi connectivity index (χ0v) is 13.1. The Morgan fingerprint density at radius 2 is 2.14 bits per heavy atom. The largest absolute Gasteiger partial charge is 0.361 e. The smallest absolute Gasteiger partial charge is 0.225 e. The van der Waals surface area contributed by atoms with Crippen molar-refractivity contribution >= 4 is 5.91 Å². The topological polar surface area (TPSA) is 81.2 Å². The van der Waals surface area contributed by atoms with E-state index in [-0.39, 0.29) is 23.9 Å². The summed E-state index contributed by atoms with van der Waals surface area (Å²) in [7, 11) is 0. The Bertz CT molecular complexity index is 518. The molecule has 0 aliphatic heterocycles. The van der Waals surface area contributed by atoms with Crippen molar-refractivity contribution in [1.29, 1.82) is 0 Å². The highest BCUT2D eigenvalue weighted by molar-refractivity contribution is 5.80. The summed E-state index contributed by atoms with van der Waals surface area (Å²) in [6, 6.07) is 0.121. The molecule has 3 N–H and O–H groups in total. The average molecular weight is 291 g/mol. The first-order valence-corrected chi connectivity index (χ1v) is 7.95. The van der Waals surface area contributed by atoms with Crippen molar-refractivity contribution in [1.82, 2.24) is 10.5 Å². The van der Waals surface area contributed by atoms with Gasteiger partial charge in [0.15, 0.2) is 0 Å². The van der Waals surface area contributed by atoms with Crippen LogP contribution >= 0.6 is 0 Å². The predicted molar refractivity (Wildman–Crippen MR) is 79.6 cm³/mol. The van der Waals surface area contributed by atoms with E-state index in [4.69, 9.17) is 10.3 Å². The number of rotatable bonds is 4. The number of hydrogen-bond acceptors (Lipinski definition) is 4. The fourth-order valence-electron chi connectivity index (χ4n) is 4.21. The molecule has 1 aromatic heterocycles. The molecule has 5 atom stereocenters. The van der Waals surface area contributed by atoms with Gasteiger partial charge >= 0.3 is 0 Å². The van der Waals surface area contributed by atoms with Gasteiger partial charge in [-0.2, -0.15) is 0 Å². The van der Waals surface area contributed by atoms with Gasteiger partial charge in [-0.15, -0.1) is 0 Å². The molecule has 1 amide bonds. The molecule has 2 saturated carbocycles. The summed E-state index contributed by atoms with van der Waals surface area (Å²) in [4.78, 5) is 12.5. The molecule has 0 spiro atoms. The molecule has 2 aliphatic rings. The van der Waals surface area contributed by atoms with Gasteiger partial charge in [-0.1, -0.05) is 5.16 Å². The average Bonchev–Trinajstić information content (AvgIpc) is 3.09. The number of aryl methyl sites for hydroxylation is 2. The zero-order valence-electron chi connectivity index (χ0n) is 13.1. The van der Waals surface area contributed by atoms with Crippen LogP contribution in [0.4, 0.5) is 0 Å². The van der Waals surface area contributed by atoms with Crippen LogP contribution in [0.25, 0.3) is 0 Å². The summed E-state index contributed by atoms with van der Waals surface area (Å²) in [6.07, 6.45) is 4.25. The quantitative estimate of drug-likeness (QED) is 0.885. The van der Waals surface area contributed by atoms with Crippen LogP contribution in [0.5, 0.6) is 0 Å². The first-order valence-electron chi connectivity index (χ1n) is 7.95. The van der Waals surface area contributed by atoms with Crippen LogP contribution in [0.15, 0.2) is 4.52 Å². The molecular weight excluding hydrogens is 266 g/mol. The number of hydrogen-bond donors (Lipinski definition) is 2. The maximum Gasteiger partial charge on any atom is 0.225 e. The molecule has 5 unspecified atom stereocenters. The Morgan fingerprint density at radius 1 is 1.43 bits per heavy atom. The van der Waals surface area contributed by atoms with Crippen LogP contribution in [0.1, 0.15) is 43.2 Å². The van der Waals surface area contributed by atoms with Crippen molar-refractivity contribution < 1.29 is 9.32 Å². The standard InChI is InChI=1S/C16H25N3O2/c1-8(6-13-9(2)19-21-10(13)3)18-16(20)14-11-4-5-12(7-11)15(14)17/h8,11-12,14-15H,4-7,17H2,1-3H3,(H,18,20). The monoisotopic (exact) mass is 291 g/mol. The molecule has 2 aliphatic carbocycles. The van der Waals surface area contributed by atoms with Gasteiger partial charge in [0.1, 0.15) is 5.76 Å². The van der Waals surface area contributed by atoms with Gasteiger partial charge in [0, 0.05) is 17.6 Å². The Morgan fingerprint density at radius 3 is 2.71 bits per heavy atom. The molecule has 2 bridgehead atoms. The molecule has 1 heterocycles. The zero-order chi connectivity index (χ0) is 15.1. The lowest BCUT2D eigenvalue weighted by Gasteiger charge is -2.28. The Balaban J connectivity index is 1.60. The summed E-state index contributed by atoms with van der Waals surface area (Å²) in [5.41, 5.74) is 8.24. The first kappa shape index (κ1) is 14.6. The van der Waals surface area contributed by atoms with E-state index in [0.717, 1.165) is 36.3 Å². The third kappa shape index (κ3) is 2.59. The molecule has 3 rings (SSSR count). The highest BCUT2D eigenvalue weighted by atomic mass is 16.5. The Labute approximate surface area is 125 Å². The fraction of sp³-hybridized carbons (Fsp3) is 0.750. The van der Waals surface area contributed by atoms with E-state index in [1.165, 1.54) is 6.42 Å². The van der Waals surface area contributed by atoms with Crippen LogP contribution in [-0.2, 0) is 11.2 Å². The minimum absolute atomic E-state index is 0.0101. The summed E-state index contributed by atoms with van der Waals surface area (Å²) in [5, 5.41) is 7.10. The van der Waals surface area contributed by atoms with Gasteiger partial charge in [0.05, 0.1) is 11.6 Å². The number of fused-ring (bicyclic) bond motifs is 2. The summed E-state index contributed by atoms with van der Waals surface area (Å²) >= 11 is 0. The lowest BCUT2D eigenvalue weighted by molar-refractivity contribution is -0.127. The maximum absolute atomic E-state index is 12.5. The molecule has 5 nitrogen and oxygen atoms in total. The molecule has 0 aromatic carbocycles. The van der Waals surface area contributed by atoms with E-state index in [0.29, 0.717) is 11.8 Å². The molecule has 2 fully saturated rings. The second-order valence-electron chi connectivity index (χ2n) is 6.85. The van der Waals surface area contributed by atoms with E-state index >= 15 is 0 Å². The number of carbonyl (C=O) groups is 1. The van der Waals surface area contributed by atoms with Gasteiger partial charge in [-0.25, -0.2) is 0 Å². The fourth-order valence-corrected chi connectivity index (χ4v) is 4.21. The van der Waals surface area contributed by atoms with Crippen molar-refractivity contribution in [2.45, 2.75) is 58.5 Å². The summed E-state index contributed by atoms with van der Waals surface area (Å²) < 4.78 is 5.18. The van der Waals surface area contributed by atoms with Crippen molar-refractivity contribution in [3.05, 3.63) is 17.0 Å². The van der Waals surface area contributed by atoms with Gasteiger partial charge in [-0.05, 0) is 58.3 Å². The van der Waals surface area contributed by atoms with Gasteiger partial charge in [-0.3, -0.25) is 4.79 Å². The van der Waals surface area contributed by atoms with Crippen LogP contribution in [0.3, 0.4) is 0 Å². The van der Waals surface area contributed by atoms with E-state index in [1.54, 1.807) is 0 Å². The van der Waals surface area contributed by atoms with Gasteiger partial charge in [0.25, 0.3) is 0 Å². The van der Waals surface area contributed by atoms with Gasteiger partial charge in [0.2, 0.25) is 5.91 Å². The van der Waals surface area contributed by atoms with Crippen LogP contribution in [-0.4, -0.2) is 23.1 Å². The van der Waals surface area contributed by atoms with Crippen LogP contribution in [0, 0.1) is 31.6 Å². The predicted octanol–water partition coefficient (Wildman–Crippen LogP) is 1.71. The number of amides is 1. The normalized spacial score (nSPS) is 32.4. The molecule has 0 radical (unpaired) electrons. The number of nitrogens with two attached hydrogens (primary N) is 1. The molecule has 5 heteroatoms.